The molecule has 0 saturated heterocycles. The lowest BCUT2D eigenvalue weighted by Gasteiger charge is -2.09. The van der Waals surface area contributed by atoms with E-state index >= 15 is 0 Å². The van der Waals surface area contributed by atoms with E-state index in [9.17, 15) is 13.6 Å². The molecule has 4 N–H and O–H groups in total. The lowest BCUT2D eigenvalue weighted by atomic mass is 10.2. The van der Waals surface area contributed by atoms with Crippen molar-refractivity contribution in [2.45, 2.75) is 13.3 Å². The average molecular weight is 231 g/mol. The van der Waals surface area contributed by atoms with E-state index in [2.05, 4.69) is 9.72 Å². The highest BCUT2D eigenvalue weighted by Crippen LogP contribution is 2.28. The van der Waals surface area contributed by atoms with Gasteiger partial charge in [-0.1, -0.05) is 0 Å². The van der Waals surface area contributed by atoms with Crippen molar-refractivity contribution in [1.82, 2.24) is 4.98 Å². The first kappa shape index (κ1) is 12.2. The quantitative estimate of drug-likeness (QED) is 0.766. The van der Waals surface area contributed by atoms with Crippen LogP contribution in [-0.4, -0.2) is 17.6 Å². The minimum absolute atomic E-state index is 0.120. The van der Waals surface area contributed by atoms with Gasteiger partial charge in [-0.15, -0.1) is 0 Å². The van der Waals surface area contributed by atoms with Gasteiger partial charge in [-0.2, -0.15) is 0 Å². The van der Waals surface area contributed by atoms with Gasteiger partial charge in [0.05, 0.1) is 12.3 Å². The Balaban J connectivity index is 3.18. The molecule has 0 radical (unpaired) electrons. The van der Waals surface area contributed by atoms with Crippen LogP contribution in [0.4, 0.5) is 20.3 Å². The number of esters is 1. The third-order valence-corrected chi connectivity index (χ3v) is 1.84. The summed E-state index contributed by atoms with van der Waals surface area (Å²) in [4.78, 5) is 14.8. The zero-order valence-electron chi connectivity index (χ0n) is 8.54. The van der Waals surface area contributed by atoms with Crippen molar-refractivity contribution in [2.24, 2.45) is 0 Å². The summed E-state index contributed by atoms with van der Waals surface area (Å²) in [6.07, 6.45) is -2.82. The van der Waals surface area contributed by atoms with Gasteiger partial charge in [0, 0.05) is 5.56 Å². The number of nitrogens with two attached hydrogens (primary N) is 2. The van der Waals surface area contributed by atoms with Crippen LogP contribution in [0, 0.1) is 0 Å². The van der Waals surface area contributed by atoms with Crippen LogP contribution in [-0.2, 0) is 4.74 Å². The molecule has 7 heteroatoms. The van der Waals surface area contributed by atoms with Crippen molar-refractivity contribution in [3.8, 4) is 0 Å². The molecule has 1 aromatic heterocycles. The highest BCUT2D eigenvalue weighted by molar-refractivity contribution is 5.89. The number of anilines is 2. The van der Waals surface area contributed by atoms with E-state index in [-0.39, 0.29) is 23.8 Å². The predicted molar refractivity (Wildman–Crippen MR) is 54.0 cm³/mol. The molecule has 0 aliphatic heterocycles. The minimum Gasteiger partial charge on any atom is -0.461 e. The fourth-order valence-corrected chi connectivity index (χ4v) is 1.09. The molecule has 0 bridgehead atoms. The number of carbonyl (C=O) groups excluding carboxylic acids is 1. The summed E-state index contributed by atoms with van der Waals surface area (Å²) in [5.41, 5.74) is 9.51. The van der Waals surface area contributed by atoms with Gasteiger partial charge in [0.25, 0.3) is 6.43 Å². The van der Waals surface area contributed by atoms with Crippen molar-refractivity contribution in [1.29, 1.82) is 0 Å². The SMILES string of the molecule is CCOC(=O)c1cc(C(F)F)c(N)c(N)n1. The van der Waals surface area contributed by atoms with E-state index < -0.39 is 18.0 Å². The molecule has 0 fully saturated rings. The smallest absolute Gasteiger partial charge is 0.357 e. The van der Waals surface area contributed by atoms with Crippen molar-refractivity contribution in [3.05, 3.63) is 17.3 Å². The van der Waals surface area contributed by atoms with Gasteiger partial charge < -0.3 is 16.2 Å². The van der Waals surface area contributed by atoms with Crippen LogP contribution in [0.3, 0.4) is 0 Å². The van der Waals surface area contributed by atoms with E-state index in [4.69, 9.17) is 11.5 Å². The van der Waals surface area contributed by atoms with Crippen LogP contribution < -0.4 is 11.5 Å². The van der Waals surface area contributed by atoms with Gasteiger partial charge in [0.2, 0.25) is 0 Å². The molecule has 1 aromatic rings. The predicted octanol–water partition coefficient (Wildman–Crippen LogP) is 1.36. The van der Waals surface area contributed by atoms with E-state index in [1.807, 2.05) is 0 Å². The van der Waals surface area contributed by atoms with Crippen molar-refractivity contribution in [3.63, 3.8) is 0 Å². The van der Waals surface area contributed by atoms with Crippen LogP contribution in [0.1, 0.15) is 29.4 Å². The molecular weight excluding hydrogens is 220 g/mol. The Labute approximate surface area is 90.4 Å². The number of rotatable bonds is 3. The summed E-state index contributed by atoms with van der Waals surface area (Å²) in [5.74, 6) is -1.11. The molecule has 0 unspecified atom stereocenters. The summed E-state index contributed by atoms with van der Waals surface area (Å²) in [6.45, 7) is 1.71. The fourth-order valence-electron chi connectivity index (χ4n) is 1.09. The third-order valence-electron chi connectivity index (χ3n) is 1.84. The van der Waals surface area contributed by atoms with Crippen molar-refractivity contribution in [2.75, 3.05) is 18.1 Å². The topological polar surface area (TPSA) is 91.2 Å². The number of hydrogen-bond acceptors (Lipinski definition) is 5. The summed E-state index contributed by atoms with van der Waals surface area (Å²) < 4.78 is 29.7. The summed E-state index contributed by atoms with van der Waals surface area (Å²) in [7, 11) is 0. The Morgan fingerprint density at radius 1 is 1.56 bits per heavy atom. The zero-order chi connectivity index (χ0) is 12.3. The molecule has 5 nitrogen and oxygen atoms in total. The van der Waals surface area contributed by atoms with Crippen LogP contribution in [0.2, 0.25) is 0 Å². The van der Waals surface area contributed by atoms with Gasteiger partial charge in [-0.05, 0) is 13.0 Å². The van der Waals surface area contributed by atoms with Gasteiger partial charge in [-0.25, -0.2) is 18.6 Å². The van der Waals surface area contributed by atoms with E-state index in [1.165, 1.54) is 0 Å². The number of hydrogen-bond donors (Lipinski definition) is 2. The standard InChI is InChI=1S/C9H11F2N3O2/c1-2-16-9(15)5-3-4(7(10)11)6(12)8(13)14-5/h3,7H,2,12H2,1H3,(H2,13,14). The maximum atomic E-state index is 12.5. The van der Waals surface area contributed by atoms with Crippen molar-refractivity contribution >= 4 is 17.5 Å². The number of alkyl halides is 2. The molecule has 0 aromatic carbocycles. The molecule has 0 aliphatic rings. The summed E-state index contributed by atoms with van der Waals surface area (Å²) in [5, 5.41) is 0. The second kappa shape index (κ2) is 4.73. The Hall–Kier alpha value is -1.92. The van der Waals surface area contributed by atoms with E-state index in [1.54, 1.807) is 6.92 Å². The molecule has 0 atom stereocenters. The number of aromatic nitrogens is 1. The van der Waals surface area contributed by atoms with Crippen molar-refractivity contribution < 1.29 is 18.3 Å². The highest BCUT2D eigenvalue weighted by Gasteiger charge is 2.19. The van der Waals surface area contributed by atoms with Gasteiger partial charge in [0.15, 0.2) is 5.69 Å². The molecule has 0 spiro atoms. The van der Waals surface area contributed by atoms with Crippen LogP contribution in [0.15, 0.2) is 6.07 Å². The van der Waals surface area contributed by atoms with E-state index in [0.29, 0.717) is 0 Å². The Bertz CT molecular complexity index is 410. The fraction of sp³-hybridized carbons (Fsp3) is 0.333. The van der Waals surface area contributed by atoms with Crippen LogP contribution in [0.25, 0.3) is 0 Å². The van der Waals surface area contributed by atoms with Gasteiger partial charge >= 0.3 is 5.97 Å². The number of carbonyl (C=O) groups is 1. The number of ether oxygens (including phenoxy) is 1. The first-order chi connectivity index (χ1) is 7.47. The lowest BCUT2D eigenvalue weighted by Crippen LogP contribution is -2.12. The molecule has 16 heavy (non-hydrogen) atoms. The third kappa shape index (κ3) is 2.36. The normalized spacial score (nSPS) is 10.5. The monoisotopic (exact) mass is 231 g/mol. The second-order valence-electron chi connectivity index (χ2n) is 2.92. The Kier molecular flexibility index (Phi) is 3.60. The van der Waals surface area contributed by atoms with Gasteiger partial charge in [0.1, 0.15) is 5.82 Å². The second-order valence-corrected chi connectivity index (χ2v) is 2.92. The summed E-state index contributed by atoms with van der Waals surface area (Å²) >= 11 is 0. The molecule has 1 rings (SSSR count). The minimum atomic E-state index is -2.82. The molecule has 0 saturated carbocycles. The molecule has 0 aliphatic carbocycles. The maximum Gasteiger partial charge on any atom is 0.357 e. The number of nitrogen functional groups attached to an aromatic ring is 2. The van der Waals surface area contributed by atoms with E-state index in [0.717, 1.165) is 6.07 Å². The Morgan fingerprint density at radius 3 is 2.69 bits per heavy atom. The maximum absolute atomic E-state index is 12.5. The Morgan fingerprint density at radius 2 is 2.19 bits per heavy atom. The van der Waals surface area contributed by atoms with Crippen LogP contribution >= 0.6 is 0 Å². The lowest BCUT2D eigenvalue weighted by molar-refractivity contribution is 0.0519. The average Bonchev–Trinajstić information content (AvgIpc) is 2.21. The molecular formula is C9H11F2N3O2. The van der Waals surface area contributed by atoms with Gasteiger partial charge in [-0.3, -0.25) is 0 Å². The largest absolute Gasteiger partial charge is 0.461 e. The number of nitrogens with zero attached hydrogens (tertiary/aromatic N) is 1. The zero-order valence-corrected chi connectivity index (χ0v) is 8.54. The molecule has 1 heterocycles. The first-order valence-electron chi connectivity index (χ1n) is 4.48. The van der Waals surface area contributed by atoms with Crippen LogP contribution in [0.5, 0.6) is 0 Å². The summed E-state index contributed by atoms with van der Waals surface area (Å²) in [6, 6.07) is 0.883. The number of pyridine rings is 1. The highest BCUT2D eigenvalue weighted by atomic mass is 19.3. The first-order valence-corrected chi connectivity index (χ1v) is 4.48. The molecule has 88 valence electrons. The molecule has 0 amide bonds. The number of halogens is 2.